The third-order valence-corrected chi connectivity index (χ3v) is 6.40. The number of sulfone groups is 1. The molecule has 2 aromatic carbocycles. The normalized spacial score (nSPS) is 12.4. The molecule has 0 aliphatic heterocycles. The maximum Gasteiger partial charge on any atom is 0.263 e. The third-order valence-electron chi connectivity index (χ3n) is 3.43. The zero-order valence-corrected chi connectivity index (χ0v) is 15.8. The van der Waals surface area contributed by atoms with Crippen molar-refractivity contribution >= 4 is 37.1 Å². The highest BCUT2D eigenvalue weighted by Crippen LogP contribution is 2.27. The van der Waals surface area contributed by atoms with E-state index in [1.54, 1.807) is 18.2 Å². The van der Waals surface area contributed by atoms with Gasteiger partial charge in [-0.25, -0.2) is 16.8 Å². The summed E-state index contributed by atoms with van der Waals surface area (Å²) in [5.74, 6) is 0.242. The molecule has 0 aliphatic rings. The molecule has 0 bridgehead atoms. The highest BCUT2D eigenvalue weighted by atomic mass is 35.5. The molecule has 0 amide bonds. The predicted molar refractivity (Wildman–Crippen MR) is 95.9 cm³/mol. The van der Waals surface area contributed by atoms with Crippen LogP contribution >= 0.6 is 11.6 Å². The summed E-state index contributed by atoms with van der Waals surface area (Å²) in [5.41, 5.74) is 1.37. The van der Waals surface area contributed by atoms with E-state index in [9.17, 15) is 16.8 Å². The number of anilines is 1. The second-order valence-corrected chi connectivity index (χ2v) is 9.82. The lowest BCUT2D eigenvalue weighted by Gasteiger charge is -2.12. The zero-order chi connectivity index (χ0) is 18.1. The highest BCUT2D eigenvalue weighted by molar-refractivity contribution is 7.93. The summed E-state index contributed by atoms with van der Waals surface area (Å²) in [6, 6.07) is 10.6. The number of rotatable bonds is 5. The smallest absolute Gasteiger partial charge is 0.263 e. The van der Waals surface area contributed by atoms with E-state index < -0.39 is 19.9 Å². The minimum atomic E-state index is -4.02. The van der Waals surface area contributed by atoms with Crippen molar-refractivity contribution in [2.45, 2.75) is 29.6 Å². The zero-order valence-electron chi connectivity index (χ0n) is 13.4. The maximum absolute atomic E-state index is 12.6. The Balaban J connectivity index is 2.46. The first-order chi connectivity index (χ1) is 11.0. The van der Waals surface area contributed by atoms with Crippen molar-refractivity contribution in [3.05, 3.63) is 53.1 Å². The van der Waals surface area contributed by atoms with Crippen LogP contribution in [0.25, 0.3) is 0 Å². The summed E-state index contributed by atoms with van der Waals surface area (Å²) >= 11 is 5.96. The van der Waals surface area contributed by atoms with Gasteiger partial charge in [0, 0.05) is 11.9 Å². The molecule has 0 aliphatic carbocycles. The quantitative estimate of drug-likeness (QED) is 0.848. The molecular weight excluding hydrogens is 370 g/mol. The number of sulfonamides is 1. The number of halogens is 1. The van der Waals surface area contributed by atoms with Crippen LogP contribution in [-0.2, 0) is 19.9 Å². The van der Waals surface area contributed by atoms with E-state index in [4.69, 9.17) is 11.6 Å². The van der Waals surface area contributed by atoms with Gasteiger partial charge in [-0.2, -0.15) is 0 Å². The lowest BCUT2D eigenvalue weighted by Crippen LogP contribution is -2.14. The van der Waals surface area contributed by atoms with Gasteiger partial charge >= 0.3 is 0 Å². The largest absolute Gasteiger partial charge is 0.280 e. The van der Waals surface area contributed by atoms with Gasteiger partial charge in [0.25, 0.3) is 10.0 Å². The van der Waals surface area contributed by atoms with Gasteiger partial charge in [0.15, 0.2) is 9.84 Å². The van der Waals surface area contributed by atoms with Crippen molar-refractivity contribution in [2.24, 2.45) is 0 Å². The Kier molecular flexibility index (Phi) is 5.27. The van der Waals surface area contributed by atoms with Crippen LogP contribution in [-0.4, -0.2) is 23.1 Å². The lowest BCUT2D eigenvalue weighted by molar-refractivity contribution is 0.600. The van der Waals surface area contributed by atoms with Crippen molar-refractivity contribution in [1.82, 2.24) is 0 Å². The van der Waals surface area contributed by atoms with Crippen molar-refractivity contribution in [3.8, 4) is 0 Å². The van der Waals surface area contributed by atoms with E-state index in [0.717, 1.165) is 17.9 Å². The molecule has 0 aromatic heterocycles. The minimum Gasteiger partial charge on any atom is -0.280 e. The Hall–Kier alpha value is -1.57. The van der Waals surface area contributed by atoms with E-state index in [1.807, 2.05) is 19.9 Å². The molecule has 1 N–H and O–H groups in total. The molecule has 0 spiro atoms. The van der Waals surface area contributed by atoms with Crippen LogP contribution in [0.5, 0.6) is 0 Å². The number of nitrogens with one attached hydrogen (secondary N) is 1. The predicted octanol–water partition coefficient (Wildman–Crippen LogP) is 3.67. The van der Waals surface area contributed by atoms with Crippen molar-refractivity contribution < 1.29 is 16.8 Å². The molecular formula is C16H18ClNO4S2. The van der Waals surface area contributed by atoms with Crippen LogP contribution in [0, 0.1) is 0 Å². The average Bonchev–Trinajstić information content (AvgIpc) is 2.46. The van der Waals surface area contributed by atoms with E-state index >= 15 is 0 Å². The second-order valence-electron chi connectivity index (χ2n) is 5.75. The van der Waals surface area contributed by atoms with Gasteiger partial charge in [0.2, 0.25) is 0 Å². The van der Waals surface area contributed by atoms with Crippen molar-refractivity contribution in [1.29, 1.82) is 0 Å². The molecule has 0 atom stereocenters. The summed E-state index contributed by atoms with van der Waals surface area (Å²) in [6.45, 7) is 4.00. The molecule has 130 valence electrons. The van der Waals surface area contributed by atoms with Crippen LogP contribution < -0.4 is 4.72 Å². The lowest BCUT2D eigenvalue weighted by atomic mass is 10.0. The third kappa shape index (κ3) is 4.28. The number of benzene rings is 2. The summed E-state index contributed by atoms with van der Waals surface area (Å²) < 4.78 is 50.9. The van der Waals surface area contributed by atoms with Crippen molar-refractivity contribution in [3.63, 3.8) is 0 Å². The Labute approximate surface area is 147 Å². The fraction of sp³-hybridized carbons (Fsp3) is 0.250. The van der Waals surface area contributed by atoms with E-state index in [-0.39, 0.29) is 20.7 Å². The van der Waals surface area contributed by atoms with Gasteiger partial charge in [0.1, 0.15) is 4.90 Å². The van der Waals surface area contributed by atoms with Crippen LogP contribution in [0.15, 0.2) is 52.3 Å². The second kappa shape index (κ2) is 6.74. The summed E-state index contributed by atoms with van der Waals surface area (Å²) in [4.78, 5) is -0.384. The van der Waals surface area contributed by atoms with Crippen LogP contribution in [0.4, 0.5) is 5.69 Å². The Bertz CT molecular complexity index is 967. The van der Waals surface area contributed by atoms with Gasteiger partial charge in [-0.05, 0) is 41.8 Å². The monoisotopic (exact) mass is 387 g/mol. The van der Waals surface area contributed by atoms with Gasteiger partial charge < -0.3 is 0 Å². The summed E-state index contributed by atoms with van der Waals surface area (Å²) in [5, 5.41) is -0.0464. The first-order valence-corrected chi connectivity index (χ1v) is 10.9. The molecule has 8 heteroatoms. The molecule has 0 radical (unpaired) electrons. The molecule has 0 heterocycles. The standard InChI is InChI=1S/C16H18ClNO4S2/c1-11(2)12-5-4-6-13(9-12)18-24(21,22)16-10-14(23(3,19)20)7-8-15(16)17/h4-11,18H,1-3H3. The molecule has 2 rings (SSSR count). The Morgan fingerprint density at radius 1 is 1.00 bits per heavy atom. The Morgan fingerprint density at radius 2 is 1.67 bits per heavy atom. The van der Waals surface area contributed by atoms with Crippen molar-refractivity contribution in [2.75, 3.05) is 11.0 Å². The van der Waals surface area contributed by atoms with Gasteiger partial charge in [-0.15, -0.1) is 0 Å². The van der Waals surface area contributed by atoms with Crippen LogP contribution in [0.1, 0.15) is 25.3 Å². The van der Waals surface area contributed by atoms with Gasteiger partial charge in [-0.3, -0.25) is 4.72 Å². The van der Waals surface area contributed by atoms with E-state index in [1.165, 1.54) is 12.1 Å². The maximum atomic E-state index is 12.6. The molecule has 24 heavy (non-hydrogen) atoms. The number of hydrogen-bond acceptors (Lipinski definition) is 4. The van der Waals surface area contributed by atoms with Crippen LogP contribution in [0.2, 0.25) is 5.02 Å². The van der Waals surface area contributed by atoms with E-state index in [0.29, 0.717) is 5.69 Å². The summed E-state index contributed by atoms with van der Waals surface area (Å²) in [7, 11) is -7.56. The topological polar surface area (TPSA) is 80.3 Å². The molecule has 0 saturated heterocycles. The number of hydrogen-bond donors (Lipinski definition) is 1. The highest BCUT2D eigenvalue weighted by Gasteiger charge is 2.21. The van der Waals surface area contributed by atoms with E-state index in [2.05, 4.69) is 4.72 Å². The fourth-order valence-electron chi connectivity index (χ4n) is 2.09. The van der Waals surface area contributed by atoms with Crippen LogP contribution in [0.3, 0.4) is 0 Å². The molecule has 0 fully saturated rings. The minimum absolute atomic E-state index is 0.0464. The average molecular weight is 388 g/mol. The SMILES string of the molecule is CC(C)c1cccc(NS(=O)(=O)c2cc(S(C)(=O)=O)ccc2Cl)c1. The molecule has 2 aromatic rings. The van der Waals surface area contributed by atoms with Gasteiger partial charge in [-0.1, -0.05) is 37.6 Å². The Morgan fingerprint density at radius 3 is 2.25 bits per heavy atom. The molecule has 0 saturated carbocycles. The first-order valence-electron chi connectivity index (χ1n) is 7.13. The fourth-order valence-corrected chi connectivity index (χ4v) is 4.39. The van der Waals surface area contributed by atoms with Gasteiger partial charge in [0.05, 0.1) is 9.92 Å². The summed E-state index contributed by atoms with van der Waals surface area (Å²) in [6.07, 6.45) is 1.01. The molecule has 5 nitrogen and oxygen atoms in total. The molecule has 0 unspecified atom stereocenters. The first kappa shape index (κ1) is 18.8.